The first-order valence-electron chi connectivity index (χ1n) is 5.46. The van der Waals surface area contributed by atoms with Crippen molar-refractivity contribution in [2.75, 3.05) is 11.1 Å². The van der Waals surface area contributed by atoms with E-state index in [9.17, 15) is 4.79 Å². The maximum Gasteiger partial charge on any atom is 0.259 e. The zero-order valence-electron chi connectivity index (χ0n) is 10.1. The van der Waals surface area contributed by atoms with Crippen LogP contribution in [-0.2, 0) is 0 Å². The van der Waals surface area contributed by atoms with E-state index >= 15 is 0 Å². The Labute approximate surface area is 124 Å². The van der Waals surface area contributed by atoms with Crippen LogP contribution in [0.4, 0.5) is 11.4 Å². The number of nitrogens with zero attached hydrogens (tertiary/aromatic N) is 1. The van der Waals surface area contributed by atoms with Crippen LogP contribution in [0.1, 0.15) is 16.1 Å². The molecule has 0 aliphatic carbocycles. The van der Waals surface area contributed by atoms with Gasteiger partial charge in [0.2, 0.25) is 0 Å². The molecule has 1 aromatic heterocycles. The minimum Gasteiger partial charge on any atom is -0.398 e. The highest BCUT2D eigenvalue weighted by atomic mass is 79.9. The lowest BCUT2D eigenvalue weighted by molar-refractivity contribution is 0.102. The van der Waals surface area contributed by atoms with Crippen molar-refractivity contribution in [1.29, 1.82) is 0 Å². The number of nitrogens with one attached hydrogen (secondary N) is 1. The maximum absolute atomic E-state index is 12.1. The number of hydrogen-bond donors (Lipinski definition) is 2. The third-order valence-electron chi connectivity index (χ3n) is 2.49. The quantitative estimate of drug-likeness (QED) is 0.877. The molecule has 4 nitrogen and oxygen atoms in total. The summed E-state index contributed by atoms with van der Waals surface area (Å²) >= 11 is 9.23. The minimum absolute atomic E-state index is 0.326. The SMILES string of the molecule is Cc1cc(N)c(C(=O)Nc2cc(Cl)ccc2Br)cn1. The zero-order valence-corrected chi connectivity index (χ0v) is 12.4. The van der Waals surface area contributed by atoms with E-state index < -0.39 is 0 Å². The lowest BCUT2D eigenvalue weighted by Gasteiger charge is -2.09. The van der Waals surface area contributed by atoms with E-state index in [2.05, 4.69) is 26.2 Å². The van der Waals surface area contributed by atoms with Crippen LogP contribution in [0.2, 0.25) is 5.02 Å². The van der Waals surface area contributed by atoms with Gasteiger partial charge in [0.05, 0.1) is 11.3 Å². The lowest BCUT2D eigenvalue weighted by atomic mass is 10.2. The lowest BCUT2D eigenvalue weighted by Crippen LogP contribution is -2.15. The van der Waals surface area contributed by atoms with Gasteiger partial charge in [-0.3, -0.25) is 9.78 Å². The number of pyridine rings is 1. The van der Waals surface area contributed by atoms with E-state index in [-0.39, 0.29) is 5.91 Å². The Morgan fingerprint density at radius 3 is 2.84 bits per heavy atom. The second-order valence-electron chi connectivity index (χ2n) is 3.99. The molecule has 0 unspecified atom stereocenters. The largest absolute Gasteiger partial charge is 0.398 e. The van der Waals surface area contributed by atoms with Crippen LogP contribution in [0.25, 0.3) is 0 Å². The highest BCUT2D eigenvalue weighted by Gasteiger charge is 2.12. The molecule has 98 valence electrons. The molecule has 2 aromatic rings. The van der Waals surface area contributed by atoms with Gasteiger partial charge in [-0.15, -0.1) is 0 Å². The highest BCUT2D eigenvalue weighted by molar-refractivity contribution is 9.10. The van der Waals surface area contributed by atoms with Gasteiger partial charge in [0.1, 0.15) is 0 Å². The fourth-order valence-corrected chi connectivity index (χ4v) is 2.07. The number of aryl methyl sites for hydroxylation is 1. The maximum atomic E-state index is 12.1. The molecule has 0 saturated carbocycles. The molecule has 0 spiro atoms. The monoisotopic (exact) mass is 339 g/mol. The van der Waals surface area contributed by atoms with E-state index in [0.717, 1.165) is 10.2 Å². The summed E-state index contributed by atoms with van der Waals surface area (Å²) in [7, 11) is 0. The average molecular weight is 341 g/mol. The van der Waals surface area contributed by atoms with Crippen molar-refractivity contribution in [1.82, 2.24) is 4.98 Å². The Balaban J connectivity index is 2.28. The molecular formula is C13H11BrClN3O. The first kappa shape index (κ1) is 13.8. The Kier molecular flexibility index (Phi) is 4.07. The molecule has 1 heterocycles. The molecule has 0 aliphatic heterocycles. The van der Waals surface area contributed by atoms with E-state index in [0.29, 0.717) is 22.0 Å². The number of anilines is 2. The number of carbonyl (C=O) groups excluding carboxylic acids is 1. The normalized spacial score (nSPS) is 10.3. The first-order valence-corrected chi connectivity index (χ1v) is 6.63. The smallest absolute Gasteiger partial charge is 0.259 e. The number of halogens is 2. The number of nitrogens with two attached hydrogens (primary N) is 1. The summed E-state index contributed by atoms with van der Waals surface area (Å²) in [4.78, 5) is 16.2. The van der Waals surface area contributed by atoms with Gasteiger partial charge < -0.3 is 11.1 Å². The summed E-state index contributed by atoms with van der Waals surface area (Å²) in [5.74, 6) is -0.326. The number of amides is 1. The fraction of sp³-hybridized carbons (Fsp3) is 0.0769. The molecule has 3 N–H and O–H groups in total. The highest BCUT2D eigenvalue weighted by Crippen LogP contribution is 2.26. The summed E-state index contributed by atoms with van der Waals surface area (Å²) in [5.41, 5.74) is 7.87. The Morgan fingerprint density at radius 1 is 1.42 bits per heavy atom. The predicted molar refractivity (Wildman–Crippen MR) is 80.5 cm³/mol. The van der Waals surface area contributed by atoms with E-state index in [1.165, 1.54) is 6.20 Å². The first-order chi connectivity index (χ1) is 8.97. The molecular weight excluding hydrogens is 330 g/mol. The molecule has 6 heteroatoms. The molecule has 1 amide bonds. The number of rotatable bonds is 2. The van der Waals surface area contributed by atoms with Crippen LogP contribution < -0.4 is 11.1 Å². The van der Waals surface area contributed by atoms with Crippen molar-refractivity contribution >= 4 is 44.8 Å². The van der Waals surface area contributed by atoms with E-state index in [1.54, 1.807) is 24.3 Å². The number of aromatic nitrogens is 1. The van der Waals surface area contributed by atoms with Crippen molar-refractivity contribution in [3.8, 4) is 0 Å². The number of nitrogen functional groups attached to an aromatic ring is 1. The molecule has 0 radical (unpaired) electrons. The molecule has 0 atom stereocenters. The summed E-state index contributed by atoms with van der Waals surface area (Å²) in [6.45, 7) is 1.81. The van der Waals surface area contributed by atoms with Crippen LogP contribution in [0.3, 0.4) is 0 Å². The topological polar surface area (TPSA) is 68.0 Å². The summed E-state index contributed by atoms with van der Waals surface area (Å²) in [6.07, 6.45) is 1.46. The van der Waals surface area contributed by atoms with Crippen LogP contribution in [0, 0.1) is 6.92 Å². The van der Waals surface area contributed by atoms with Crippen LogP contribution in [0.5, 0.6) is 0 Å². The van der Waals surface area contributed by atoms with E-state index in [1.807, 2.05) is 6.92 Å². The standard InChI is InChI=1S/C13H11BrClN3O/c1-7-4-11(16)9(6-17-7)13(19)18-12-5-8(15)2-3-10(12)14/h2-6H,1H3,(H2,16,17)(H,18,19). The third-order valence-corrected chi connectivity index (χ3v) is 3.42. The van der Waals surface area contributed by atoms with Crippen molar-refractivity contribution in [3.63, 3.8) is 0 Å². The predicted octanol–water partition coefficient (Wildman–Crippen LogP) is 3.64. The molecule has 19 heavy (non-hydrogen) atoms. The molecule has 0 bridgehead atoms. The van der Waals surface area contributed by atoms with Gasteiger partial charge in [-0.2, -0.15) is 0 Å². The molecule has 1 aromatic carbocycles. The third kappa shape index (κ3) is 3.24. The molecule has 0 aliphatic rings. The number of benzene rings is 1. The second kappa shape index (κ2) is 5.59. The fourth-order valence-electron chi connectivity index (χ4n) is 1.55. The Bertz CT molecular complexity index is 646. The van der Waals surface area contributed by atoms with Gasteiger partial charge in [-0.1, -0.05) is 11.6 Å². The summed E-state index contributed by atoms with van der Waals surface area (Å²) < 4.78 is 0.740. The van der Waals surface area contributed by atoms with Gasteiger partial charge in [-0.25, -0.2) is 0 Å². The van der Waals surface area contributed by atoms with Crippen LogP contribution in [0.15, 0.2) is 34.9 Å². The number of hydrogen-bond acceptors (Lipinski definition) is 3. The number of carbonyl (C=O) groups is 1. The summed E-state index contributed by atoms with van der Waals surface area (Å²) in [5, 5.41) is 3.27. The minimum atomic E-state index is -0.326. The molecule has 0 saturated heterocycles. The van der Waals surface area contributed by atoms with Gasteiger partial charge >= 0.3 is 0 Å². The van der Waals surface area contributed by atoms with Crippen molar-refractivity contribution in [2.24, 2.45) is 0 Å². The van der Waals surface area contributed by atoms with Gasteiger partial charge in [-0.05, 0) is 47.1 Å². The van der Waals surface area contributed by atoms with Crippen LogP contribution >= 0.6 is 27.5 Å². The summed E-state index contributed by atoms with van der Waals surface area (Å²) in [6, 6.07) is 6.79. The average Bonchev–Trinajstić information content (AvgIpc) is 2.33. The van der Waals surface area contributed by atoms with Crippen molar-refractivity contribution in [3.05, 3.63) is 51.2 Å². The van der Waals surface area contributed by atoms with Crippen molar-refractivity contribution < 1.29 is 4.79 Å². The van der Waals surface area contributed by atoms with Crippen molar-refractivity contribution in [2.45, 2.75) is 6.92 Å². The Hall–Kier alpha value is -1.59. The van der Waals surface area contributed by atoms with Gasteiger partial charge in [0.15, 0.2) is 0 Å². The van der Waals surface area contributed by atoms with Gasteiger partial charge in [0.25, 0.3) is 5.91 Å². The Morgan fingerprint density at radius 2 is 2.16 bits per heavy atom. The second-order valence-corrected chi connectivity index (χ2v) is 5.28. The zero-order chi connectivity index (χ0) is 14.0. The van der Waals surface area contributed by atoms with Gasteiger partial charge in [0, 0.05) is 27.1 Å². The van der Waals surface area contributed by atoms with E-state index in [4.69, 9.17) is 17.3 Å². The van der Waals surface area contributed by atoms with Crippen LogP contribution in [-0.4, -0.2) is 10.9 Å². The molecule has 0 fully saturated rings. The molecule has 2 rings (SSSR count).